The van der Waals surface area contributed by atoms with E-state index in [0.717, 1.165) is 28.5 Å². The Labute approximate surface area is 187 Å². The van der Waals surface area contributed by atoms with Crippen LogP contribution in [-0.2, 0) is 21.5 Å². The summed E-state index contributed by atoms with van der Waals surface area (Å²) >= 11 is 0. The maximum absolute atomic E-state index is 13.2. The number of amides is 4. The van der Waals surface area contributed by atoms with Crippen molar-refractivity contribution in [1.29, 1.82) is 0 Å². The highest BCUT2D eigenvalue weighted by Gasteiger charge is 2.49. The van der Waals surface area contributed by atoms with Crippen LogP contribution >= 0.6 is 0 Å². The van der Waals surface area contributed by atoms with Crippen LogP contribution in [0.5, 0.6) is 0 Å². The van der Waals surface area contributed by atoms with Crippen LogP contribution in [0.25, 0.3) is 10.8 Å². The lowest BCUT2D eigenvalue weighted by Gasteiger charge is -2.23. The Balaban J connectivity index is 1.40. The van der Waals surface area contributed by atoms with Gasteiger partial charge in [-0.15, -0.1) is 0 Å². The number of fused-ring (bicyclic) bond motifs is 1. The fraction of sp³-hybridized carbons (Fsp3) is 0.269. The molecule has 0 aromatic heterocycles. The van der Waals surface area contributed by atoms with Gasteiger partial charge in [0, 0.05) is 6.04 Å². The van der Waals surface area contributed by atoms with Gasteiger partial charge in [-0.05, 0) is 54.7 Å². The molecule has 0 unspecified atom stereocenters. The molecule has 3 aromatic rings. The maximum atomic E-state index is 13.2. The van der Waals surface area contributed by atoms with Gasteiger partial charge in [0.15, 0.2) is 0 Å². The van der Waals surface area contributed by atoms with Crippen LogP contribution < -0.4 is 10.6 Å². The first-order chi connectivity index (χ1) is 15.4. The topological polar surface area (TPSA) is 78.5 Å². The summed E-state index contributed by atoms with van der Waals surface area (Å²) in [5, 5.41) is 7.71. The third-order valence-corrected chi connectivity index (χ3v) is 6.02. The molecule has 2 N–H and O–H groups in total. The van der Waals surface area contributed by atoms with Gasteiger partial charge in [-0.1, -0.05) is 66.7 Å². The van der Waals surface area contributed by atoms with E-state index < -0.39 is 17.5 Å². The number of carbonyl (C=O) groups is 3. The minimum Gasteiger partial charge on any atom is -0.352 e. The second kappa shape index (κ2) is 8.83. The van der Waals surface area contributed by atoms with E-state index in [-0.39, 0.29) is 18.5 Å². The number of urea groups is 1. The average Bonchev–Trinajstić information content (AvgIpc) is 3.02. The molecule has 2 atom stereocenters. The van der Waals surface area contributed by atoms with Crippen molar-refractivity contribution in [3.8, 4) is 0 Å². The fourth-order valence-corrected chi connectivity index (χ4v) is 4.10. The Bertz CT molecular complexity index is 1160. The van der Waals surface area contributed by atoms with E-state index in [0.29, 0.717) is 5.56 Å². The number of nitrogens with zero attached hydrogens (tertiary/aromatic N) is 1. The monoisotopic (exact) mass is 429 g/mol. The summed E-state index contributed by atoms with van der Waals surface area (Å²) in [6, 6.07) is 22.9. The Morgan fingerprint density at radius 2 is 1.69 bits per heavy atom. The van der Waals surface area contributed by atoms with Crippen molar-refractivity contribution in [1.82, 2.24) is 15.5 Å². The minimum atomic E-state index is -1.21. The molecule has 1 aliphatic rings. The molecule has 4 rings (SSSR count). The number of carbonyl (C=O) groups excluding carboxylic acids is 3. The highest BCUT2D eigenvalue weighted by molar-refractivity contribution is 6.09. The molecule has 32 heavy (non-hydrogen) atoms. The van der Waals surface area contributed by atoms with Crippen LogP contribution in [0, 0.1) is 0 Å². The van der Waals surface area contributed by atoms with Gasteiger partial charge >= 0.3 is 6.03 Å². The Kier molecular flexibility index (Phi) is 5.95. The van der Waals surface area contributed by atoms with Crippen molar-refractivity contribution < 1.29 is 14.4 Å². The van der Waals surface area contributed by atoms with E-state index in [1.54, 1.807) is 6.92 Å². The standard InChI is InChI=1S/C26H27N3O3/c1-18(12-13-19-8-4-3-5-9-19)27-23(30)17-29-24(31)26(2,28-25(29)32)22-15-14-20-10-6-7-11-21(20)16-22/h3-11,14-16,18H,12-13,17H2,1-2H3,(H,27,30)(H,28,32)/t18-,26-/m1/s1. The summed E-state index contributed by atoms with van der Waals surface area (Å²) in [5.74, 6) is -0.776. The van der Waals surface area contributed by atoms with Gasteiger partial charge in [0.25, 0.3) is 5.91 Å². The molecular weight excluding hydrogens is 402 g/mol. The van der Waals surface area contributed by atoms with Crippen LogP contribution in [0.2, 0.25) is 0 Å². The molecule has 0 saturated carbocycles. The minimum absolute atomic E-state index is 0.0738. The fourth-order valence-electron chi connectivity index (χ4n) is 4.10. The molecule has 4 amide bonds. The summed E-state index contributed by atoms with van der Waals surface area (Å²) in [7, 11) is 0. The van der Waals surface area contributed by atoms with Gasteiger partial charge in [-0.3, -0.25) is 14.5 Å². The van der Waals surface area contributed by atoms with Crippen molar-refractivity contribution in [3.05, 3.63) is 83.9 Å². The van der Waals surface area contributed by atoms with E-state index in [1.807, 2.05) is 67.6 Å². The molecule has 6 heteroatoms. The molecular formula is C26H27N3O3. The molecule has 3 aromatic carbocycles. The number of aryl methyl sites for hydroxylation is 1. The van der Waals surface area contributed by atoms with Gasteiger partial charge in [0.05, 0.1) is 0 Å². The number of imide groups is 1. The normalized spacial score (nSPS) is 19.1. The second-order valence-corrected chi connectivity index (χ2v) is 8.50. The smallest absolute Gasteiger partial charge is 0.325 e. The van der Waals surface area contributed by atoms with Gasteiger partial charge in [0.2, 0.25) is 5.91 Å². The van der Waals surface area contributed by atoms with Crippen molar-refractivity contribution in [2.45, 2.75) is 38.3 Å². The van der Waals surface area contributed by atoms with Crippen LogP contribution in [0.1, 0.15) is 31.4 Å². The number of hydrogen-bond donors (Lipinski definition) is 2. The van der Waals surface area contributed by atoms with Crippen LogP contribution in [-0.4, -0.2) is 35.3 Å². The molecule has 0 radical (unpaired) electrons. The van der Waals surface area contributed by atoms with Gasteiger partial charge in [-0.25, -0.2) is 4.79 Å². The lowest BCUT2D eigenvalue weighted by Crippen LogP contribution is -2.45. The van der Waals surface area contributed by atoms with E-state index in [2.05, 4.69) is 22.8 Å². The van der Waals surface area contributed by atoms with Gasteiger partial charge in [0.1, 0.15) is 12.1 Å². The Hall–Kier alpha value is -3.67. The Morgan fingerprint density at radius 3 is 2.44 bits per heavy atom. The first-order valence-corrected chi connectivity index (χ1v) is 10.8. The summed E-state index contributed by atoms with van der Waals surface area (Å²) in [6.07, 6.45) is 1.61. The zero-order valence-electron chi connectivity index (χ0n) is 18.3. The van der Waals surface area contributed by atoms with E-state index in [4.69, 9.17) is 0 Å². The molecule has 0 aliphatic carbocycles. The number of rotatable bonds is 7. The molecule has 1 aliphatic heterocycles. The van der Waals surface area contributed by atoms with Crippen LogP contribution in [0.4, 0.5) is 4.79 Å². The third kappa shape index (κ3) is 4.35. The first-order valence-electron chi connectivity index (χ1n) is 10.8. The number of hydrogen-bond acceptors (Lipinski definition) is 3. The van der Waals surface area contributed by atoms with Crippen LogP contribution in [0.3, 0.4) is 0 Å². The maximum Gasteiger partial charge on any atom is 0.325 e. The molecule has 1 heterocycles. The zero-order valence-corrected chi connectivity index (χ0v) is 18.3. The molecule has 164 valence electrons. The summed E-state index contributed by atoms with van der Waals surface area (Å²) < 4.78 is 0. The van der Waals surface area contributed by atoms with Gasteiger partial charge in [-0.2, -0.15) is 0 Å². The highest BCUT2D eigenvalue weighted by atomic mass is 16.2. The number of nitrogens with one attached hydrogen (secondary N) is 2. The second-order valence-electron chi connectivity index (χ2n) is 8.50. The molecule has 0 bridgehead atoms. The predicted octanol–water partition coefficient (Wildman–Crippen LogP) is 3.74. The predicted molar refractivity (Wildman–Crippen MR) is 124 cm³/mol. The van der Waals surface area contributed by atoms with E-state index in [1.165, 1.54) is 5.56 Å². The molecule has 1 fully saturated rings. The first kappa shape index (κ1) is 21.6. The highest BCUT2D eigenvalue weighted by Crippen LogP contribution is 2.30. The molecule has 6 nitrogen and oxygen atoms in total. The zero-order chi connectivity index (χ0) is 22.7. The summed E-state index contributed by atoms with van der Waals surface area (Å²) in [6.45, 7) is 3.30. The largest absolute Gasteiger partial charge is 0.352 e. The third-order valence-electron chi connectivity index (χ3n) is 6.02. The van der Waals surface area contributed by atoms with Crippen LogP contribution in [0.15, 0.2) is 72.8 Å². The van der Waals surface area contributed by atoms with Crippen molar-refractivity contribution in [2.24, 2.45) is 0 Å². The van der Waals surface area contributed by atoms with Gasteiger partial charge < -0.3 is 10.6 Å². The van der Waals surface area contributed by atoms with E-state index in [9.17, 15) is 14.4 Å². The lowest BCUT2D eigenvalue weighted by atomic mass is 9.90. The number of benzene rings is 3. The van der Waals surface area contributed by atoms with E-state index >= 15 is 0 Å². The summed E-state index contributed by atoms with van der Waals surface area (Å²) in [5.41, 5.74) is 0.683. The molecule has 1 saturated heterocycles. The quantitative estimate of drug-likeness (QED) is 0.562. The lowest BCUT2D eigenvalue weighted by molar-refractivity contribution is -0.135. The van der Waals surface area contributed by atoms with Crippen molar-refractivity contribution in [3.63, 3.8) is 0 Å². The SMILES string of the molecule is C[C@H](CCc1ccccc1)NC(=O)CN1C(=O)N[C@](C)(c2ccc3ccccc3c2)C1=O. The van der Waals surface area contributed by atoms with Crippen molar-refractivity contribution in [2.75, 3.05) is 6.54 Å². The Morgan fingerprint density at radius 1 is 1.00 bits per heavy atom. The molecule has 0 spiro atoms. The van der Waals surface area contributed by atoms with Crippen molar-refractivity contribution >= 4 is 28.6 Å². The summed E-state index contributed by atoms with van der Waals surface area (Å²) in [4.78, 5) is 39.3. The average molecular weight is 430 g/mol.